The number of ether oxygens (including phenoxy) is 1. The maximum absolute atomic E-state index is 13.2. The summed E-state index contributed by atoms with van der Waals surface area (Å²) in [7, 11) is 0. The third-order valence-electron chi connectivity index (χ3n) is 5.32. The number of hydrogen-bond donors (Lipinski definition) is 1. The van der Waals surface area contributed by atoms with Crippen molar-refractivity contribution < 1.29 is 19.4 Å². The molecule has 0 aliphatic carbocycles. The van der Waals surface area contributed by atoms with Gasteiger partial charge >= 0.3 is 0 Å². The molecule has 0 radical (unpaired) electrons. The Morgan fingerprint density at radius 3 is 2.79 bits per heavy atom. The number of rotatable bonds is 10. The topological polar surface area (TPSA) is 70.1 Å². The predicted molar refractivity (Wildman–Crippen MR) is 110 cm³/mol. The van der Waals surface area contributed by atoms with Crippen LogP contribution in [0.4, 0.5) is 0 Å². The number of nitrogens with zero attached hydrogens (tertiary/aromatic N) is 2. The Labute approximate surface area is 170 Å². The number of likely N-dealkylation sites (tertiary alicyclic amines) is 1. The SMILES string of the molecule is CCCCOCCCN1C(=O)C(c2cccs2)=C(N2CCCC(CO)C2)C1=O. The van der Waals surface area contributed by atoms with Crippen LogP contribution in [-0.2, 0) is 14.3 Å². The molecule has 1 atom stereocenters. The van der Waals surface area contributed by atoms with Crippen molar-refractivity contribution in [1.29, 1.82) is 0 Å². The first-order valence-corrected chi connectivity index (χ1v) is 11.1. The van der Waals surface area contributed by atoms with E-state index in [2.05, 4.69) is 6.92 Å². The fourth-order valence-electron chi connectivity index (χ4n) is 3.79. The lowest BCUT2D eigenvalue weighted by atomic mass is 9.98. The van der Waals surface area contributed by atoms with Crippen molar-refractivity contribution in [2.45, 2.75) is 39.0 Å². The number of aliphatic hydroxyl groups is 1. The third kappa shape index (κ3) is 4.64. The molecule has 1 aromatic heterocycles. The number of thiophene rings is 1. The molecule has 0 saturated carbocycles. The van der Waals surface area contributed by atoms with Gasteiger partial charge < -0.3 is 14.7 Å². The van der Waals surface area contributed by atoms with Crippen molar-refractivity contribution in [3.63, 3.8) is 0 Å². The fraction of sp³-hybridized carbons (Fsp3) is 0.619. The first-order chi connectivity index (χ1) is 13.7. The Kier molecular flexibility index (Phi) is 7.65. The highest BCUT2D eigenvalue weighted by atomic mass is 32.1. The van der Waals surface area contributed by atoms with Gasteiger partial charge in [-0.25, -0.2) is 0 Å². The molecule has 6 nitrogen and oxygen atoms in total. The number of imide groups is 1. The molecule has 1 N–H and O–H groups in total. The number of carbonyl (C=O) groups is 2. The molecule has 154 valence electrons. The van der Waals surface area contributed by atoms with E-state index in [4.69, 9.17) is 4.74 Å². The van der Waals surface area contributed by atoms with E-state index in [-0.39, 0.29) is 24.3 Å². The Balaban J connectivity index is 1.74. The zero-order valence-electron chi connectivity index (χ0n) is 16.6. The maximum atomic E-state index is 13.2. The minimum absolute atomic E-state index is 0.110. The van der Waals surface area contributed by atoms with Crippen molar-refractivity contribution in [2.24, 2.45) is 5.92 Å². The molecule has 0 bridgehead atoms. The van der Waals surface area contributed by atoms with E-state index < -0.39 is 0 Å². The summed E-state index contributed by atoms with van der Waals surface area (Å²) in [6.07, 6.45) is 4.63. The summed E-state index contributed by atoms with van der Waals surface area (Å²) in [5.74, 6) is -0.266. The van der Waals surface area contributed by atoms with Gasteiger partial charge in [-0.3, -0.25) is 14.5 Å². The van der Waals surface area contributed by atoms with Gasteiger partial charge in [-0.15, -0.1) is 11.3 Å². The average Bonchev–Trinajstić information content (AvgIpc) is 3.32. The van der Waals surface area contributed by atoms with Crippen LogP contribution in [0.1, 0.15) is 43.9 Å². The van der Waals surface area contributed by atoms with Gasteiger partial charge in [0, 0.05) is 44.3 Å². The lowest BCUT2D eigenvalue weighted by Gasteiger charge is -2.34. The van der Waals surface area contributed by atoms with Gasteiger partial charge in [-0.05, 0) is 43.0 Å². The fourth-order valence-corrected chi connectivity index (χ4v) is 4.56. The summed E-state index contributed by atoms with van der Waals surface area (Å²) in [5, 5.41) is 11.5. The molecule has 2 aliphatic heterocycles. The summed E-state index contributed by atoms with van der Waals surface area (Å²) < 4.78 is 5.58. The summed E-state index contributed by atoms with van der Waals surface area (Å²) in [5.41, 5.74) is 1.03. The minimum Gasteiger partial charge on any atom is -0.396 e. The van der Waals surface area contributed by atoms with E-state index in [1.54, 1.807) is 0 Å². The second kappa shape index (κ2) is 10.2. The van der Waals surface area contributed by atoms with E-state index in [0.717, 1.165) is 43.7 Å². The molecule has 2 amide bonds. The maximum Gasteiger partial charge on any atom is 0.277 e. The van der Waals surface area contributed by atoms with Gasteiger partial charge in [0.25, 0.3) is 11.8 Å². The summed E-state index contributed by atoms with van der Waals surface area (Å²) in [4.78, 5) is 30.5. The van der Waals surface area contributed by atoms with Gasteiger partial charge in [0.2, 0.25) is 0 Å². The van der Waals surface area contributed by atoms with E-state index in [1.807, 2.05) is 22.4 Å². The van der Waals surface area contributed by atoms with E-state index in [0.29, 0.717) is 37.4 Å². The molecule has 3 rings (SSSR count). The number of unbranched alkanes of at least 4 members (excludes halogenated alkanes) is 1. The summed E-state index contributed by atoms with van der Waals surface area (Å²) >= 11 is 1.48. The molecule has 28 heavy (non-hydrogen) atoms. The summed E-state index contributed by atoms with van der Waals surface area (Å²) in [6.45, 7) is 5.24. The van der Waals surface area contributed by atoms with Gasteiger partial charge in [0.1, 0.15) is 5.70 Å². The second-order valence-electron chi connectivity index (χ2n) is 7.42. The first-order valence-electron chi connectivity index (χ1n) is 10.2. The van der Waals surface area contributed by atoms with E-state index in [9.17, 15) is 14.7 Å². The van der Waals surface area contributed by atoms with Gasteiger partial charge in [-0.2, -0.15) is 0 Å². The van der Waals surface area contributed by atoms with Crippen LogP contribution >= 0.6 is 11.3 Å². The van der Waals surface area contributed by atoms with Crippen LogP contribution in [-0.4, -0.2) is 66.2 Å². The average molecular weight is 407 g/mol. The normalized spacial score (nSPS) is 20.6. The van der Waals surface area contributed by atoms with Crippen LogP contribution < -0.4 is 0 Å². The van der Waals surface area contributed by atoms with Gasteiger partial charge in [0.05, 0.1) is 5.57 Å². The molecule has 7 heteroatoms. The number of carbonyl (C=O) groups excluding carboxylic acids is 2. The first kappa shape index (κ1) is 21.0. The zero-order valence-corrected chi connectivity index (χ0v) is 17.4. The molecule has 2 aliphatic rings. The van der Waals surface area contributed by atoms with E-state index >= 15 is 0 Å². The van der Waals surface area contributed by atoms with Gasteiger partial charge in [-0.1, -0.05) is 19.4 Å². The Hall–Kier alpha value is -1.70. The highest BCUT2D eigenvalue weighted by Crippen LogP contribution is 2.35. The largest absolute Gasteiger partial charge is 0.396 e. The van der Waals surface area contributed by atoms with Crippen LogP contribution in [0.2, 0.25) is 0 Å². The second-order valence-corrected chi connectivity index (χ2v) is 8.37. The molecular formula is C21H30N2O4S. The van der Waals surface area contributed by atoms with Crippen LogP contribution in [0, 0.1) is 5.92 Å². The standard InChI is InChI=1S/C21H30N2O4S/c1-2-3-11-27-12-6-10-23-20(25)18(17-8-5-13-28-17)19(21(23)26)22-9-4-7-16(14-22)15-24/h5,8,13,16,24H,2-4,6-7,9-12,14-15H2,1H3. The summed E-state index contributed by atoms with van der Waals surface area (Å²) in [6, 6.07) is 3.80. The Morgan fingerprint density at radius 1 is 1.25 bits per heavy atom. The number of piperidine rings is 1. The van der Waals surface area contributed by atoms with Crippen molar-refractivity contribution in [2.75, 3.05) is 39.5 Å². The van der Waals surface area contributed by atoms with Crippen LogP contribution in [0.5, 0.6) is 0 Å². The molecule has 0 aromatic carbocycles. The van der Waals surface area contributed by atoms with Crippen molar-refractivity contribution in [3.8, 4) is 0 Å². The quantitative estimate of drug-likeness (QED) is 0.478. The highest BCUT2D eigenvalue weighted by molar-refractivity contribution is 7.11. The Morgan fingerprint density at radius 2 is 2.07 bits per heavy atom. The Bertz CT molecular complexity index is 701. The monoisotopic (exact) mass is 406 g/mol. The minimum atomic E-state index is -0.208. The smallest absolute Gasteiger partial charge is 0.277 e. The number of aliphatic hydroxyl groups excluding tert-OH is 1. The predicted octanol–water partition coefficient (Wildman–Crippen LogP) is 2.74. The molecule has 3 heterocycles. The van der Waals surface area contributed by atoms with Crippen LogP contribution in [0.25, 0.3) is 5.57 Å². The number of amides is 2. The lowest BCUT2D eigenvalue weighted by Crippen LogP contribution is -2.40. The molecular weight excluding hydrogens is 376 g/mol. The molecule has 0 spiro atoms. The molecule has 1 aromatic rings. The zero-order chi connectivity index (χ0) is 19.9. The lowest BCUT2D eigenvalue weighted by molar-refractivity contribution is -0.137. The van der Waals surface area contributed by atoms with Crippen molar-refractivity contribution in [3.05, 3.63) is 28.1 Å². The third-order valence-corrected chi connectivity index (χ3v) is 6.20. The van der Waals surface area contributed by atoms with Crippen LogP contribution in [0.15, 0.2) is 23.2 Å². The van der Waals surface area contributed by atoms with Crippen molar-refractivity contribution >= 4 is 28.7 Å². The van der Waals surface area contributed by atoms with Gasteiger partial charge in [0.15, 0.2) is 0 Å². The van der Waals surface area contributed by atoms with E-state index in [1.165, 1.54) is 16.2 Å². The number of hydrogen-bond acceptors (Lipinski definition) is 6. The highest BCUT2D eigenvalue weighted by Gasteiger charge is 2.42. The van der Waals surface area contributed by atoms with Crippen LogP contribution in [0.3, 0.4) is 0 Å². The van der Waals surface area contributed by atoms with Crippen molar-refractivity contribution in [1.82, 2.24) is 9.80 Å². The molecule has 1 fully saturated rings. The molecule has 1 unspecified atom stereocenters. The molecule has 1 saturated heterocycles.